The highest BCUT2D eigenvalue weighted by Gasteiger charge is 2.40. The van der Waals surface area contributed by atoms with Gasteiger partial charge in [0.25, 0.3) is 5.91 Å². The average molecular weight is 288 g/mol. The van der Waals surface area contributed by atoms with Crippen LogP contribution >= 0.6 is 15.9 Å². The van der Waals surface area contributed by atoms with Crippen LogP contribution in [0.5, 0.6) is 0 Å². The third-order valence-electron chi connectivity index (χ3n) is 2.53. The number of carbonyl (C=O) groups is 1. The molecule has 1 amide bonds. The molecule has 86 valence electrons. The Morgan fingerprint density at radius 1 is 1.56 bits per heavy atom. The van der Waals surface area contributed by atoms with Gasteiger partial charge in [0.1, 0.15) is 5.82 Å². The summed E-state index contributed by atoms with van der Waals surface area (Å²) in [5.41, 5.74) is -0.803. The number of aliphatic hydroxyl groups is 1. The molecule has 0 aliphatic carbocycles. The number of likely N-dealkylation sites (tertiary alicyclic amines) is 1. The highest BCUT2D eigenvalue weighted by Crippen LogP contribution is 2.25. The Balaban J connectivity index is 2.20. The number of amides is 1. The summed E-state index contributed by atoms with van der Waals surface area (Å²) in [4.78, 5) is 13.3. The molecule has 0 radical (unpaired) electrons. The number of halogens is 2. The van der Waals surface area contributed by atoms with E-state index in [9.17, 15) is 14.3 Å². The number of nitrogens with zero attached hydrogens (tertiary/aromatic N) is 1. The van der Waals surface area contributed by atoms with Crippen LogP contribution in [0.3, 0.4) is 0 Å². The zero-order valence-electron chi connectivity index (χ0n) is 8.70. The molecular formula is C11H11BrFNO2. The lowest BCUT2D eigenvalue weighted by molar-refractivity contribution is -0.0670. The zero-order valence-corrected chi connectivity index (χ0v) is 10.3. The minimum atomic E-state index is -0.835. The molecule has 1 fully saturated rings. The van der Waals surface area contributed by atoms with Gasteiger partial charge in [-0.15, -0.1) is 0 Å². The molecule has 2 rings (SSSR count). The van der Waals surface area contributed by atoms with E-state index in [1.54, 1.807) is 19.1 Å². The van der Waals surface area contributed by atoms with E-state index in [0.717, 1.165) is 0 Å². The first-order valence-corrected chi connectivity index (χ1v) is 5.66. The van der Waals surface area contributed by atoms with E-state index in [1.165, 1.54) is 11.0 Å². The zero-order chi connectivity index (χ0) is 11.9. The van der Waals surface area contributed by atoms with Crippen molar-refractivity contribution in [3.63, 3.8) is 0 Å². The number of benzene rings is 1. The second kappa shape index (κ2) is 3.82. The van der Waals surface area contributed by atoms with Gasteiger partial charge in [0, 0.05) is 0 Å². The van der Waals surface area contributed by atoms with Crippen LogP contribution in [0.4, 0.5) is 4.39 Å². The Hall–Kier alpha value is -0.940. The molecule has 1 aliphatic rings. The third-order valence-corrected chi connectivity index (χ3v) is 3.14. The maximum atomic E-state index is 13.6. The van der Waals surface area contributed by atoms with Crippen LogP contribution in [0.25, 0.3) is 0 Å². The molecule has 1 aliphatic heterocycles. The van der Waals surface area contributed by atoms with Crippen molar-refractivity contribution in [2.75, 3.05) is 13.1 Å². The van der Waals surface area contributed by atoms with Crippen molar-refractivity contribution in [2.24, 2.45) is 0 Å². The maximum Gasteiger partial charge on any atom is 0.257 e. The van der Waals surface area contributed by atoms with Crippen LogP contribution in [-0.2, 0) is 0 Å². The Labute approximate surface area is 101 Å². The first-order chi connectivity index (χ1) is 7.41. The van der Waals surface area contributed by atoms with E-state index in [-0.39, 0.29) is 29.0 Å². The molecule has 1 saturated heterocycles. The molecule has 1 aromatic rings. The van der Waals surface area contributed by atoms with Crippen molar-refractivity contribution < 1.29 is 14.3 Å². The molecule has 16 heavy (non-hydrogen) atoms. The van der Waals surface area contributed by atoms with Gasteiger partial charge < -0.3 is 10.0 Å². The summed E-state index contributed by atoms with van der Waals surface area (Å²) >= 11 is 3.03. The van der Waals surface area contributed by atoms with Crippen molar-refractivity contribution in [1.29, 1.82) is 0 Å². The summed E-state index contributed by atoms with van der Waals surface area (Å²) in [6.45, 7) is 2.14. The summed E-state index contributed by atoms with van der Waals surface area (Å²) in [6, 6.07) is 4.59. The third kappa shape index (κ3) is 1.97. The van der Waals surface area contributed by atoms with Crippen LogP contribution in [0.15, 0.2) is 22.7 Å². The summed E-state index contributed by atoms with van der Waals surface area (Å²) < 4.78 is 13.9. The van der Waals surface area contributed by atoms with E-state index in [1.807, 2.05) is 0 Å². The predicted molar refractivity (Wildman–Crippen MR) is 60.6 cm³/mol. The summed E-state index contributed by atoms with van der Waals surface area (Å²) in [5, 5.41) is 9.51. The lowest BCUT2D eigenvalue weighted by Gasteiger charge is -2.44. The first kappa shape index (κ1) is 11.5. The van der Waals surface area contributed by atoms with Gasteiger partial charge in [0.15, 0.2) is 0 Å². The molecular weight excluding hydrogens is 277 g/mol. The van der Waals surface area contributed by atoms with Crippen LogP contribution < -0.4 is 0 Å². The van der Waals surface area contributed by atoms with E-state index in [2.05, 4.69) is 15.9 Å². The number of carbonyl (C=O) groups excluding carboxylic acids is 1. The molecule has 0 atom stereocenters. The predicted octanol–water partition coefficient (Wildman–Crippen LogP) is 1.80. The second-order valence-electron chi connectivity index (χ2n) is 4.26. The molecule has 1 heterocycles. The number of hydrogen-bond donors (Lipinski definition) is 1. The monoisotopic (exact) mass is 287 g/mol. The van der Waals surface area contributed by atoms with E-state index < -0.39 is 11.4 Å². The van der Waals surface area contributed by atoms with Gasteiger partial charge in [-0.25, -0.2) is 4.39 Å². The molecule has 1 aromatic carbocycles. The van der Waals surface area contributed by atoms with Crippen molar-refractivity contribution in [3.05, 3.63) is 34.1 Å². The topological polar surface area (TPSA) is 40.5 Å². The SMILES string of the molecule is CC1(O)CN(C(=O)c2cccc(Br)c2F)C1. The van der Waals surface area contributed by atoms with Gasteiger partial charge in [-0.3, -0.25) is 4.79 Å². The minimum absolute atomic E-state index is 0.0323. The van der Waals surface area contributed by atoms with E-state index in [0.29, 0.717) is 0 Å². The van der Waals surface area contributed by atoms with Crippen LogP contribution in [0.2, 0.25) is 0 Å². The van der Waals surface area contributed by atoms with Crippen molar-refractivity contribution in [3.8, 4) is 0 Å². The fourth-order valence-electron chi connectivity index (χ4n) is 1.76. The Kier molecular flexibility index (Phi) is 2.75. The van der Waals surface area contributed by atoms with Gasteiger partial charge in [-0.1, -0.05) is 6.07 Å². The molecule has 1 N–H and O–H groups in total. The van der Waals surface area contributed by atoms with Gasteiger partial charge >= 0.3 is 0 Å². The lowest BCUT2D eigenvalue weighted by atomic mass is 9.96. The molecule has 5 heteroatoms. The first-order valence-electron chi connectivity index (χ1n) is 4.86. The fourth-order valence-corrected chi connectivity index (χ4v) is 2.13. The fraction of sp³-hybridized carbons (Fsp3) is 0.364. The maximum absolute atomic E-state index is 13.6. The standard InChI is InChI=1S/C11H11BrFNO2/c1-11(16)5-14(6-11)10(15)7-3-2-4-8(12)9(7)13/h2-4,16H,5-6H2,1H3. The largest absolute Gasteiger partial charge is 0.386 e. The van der Waals surface area contributed by atoms with Crippen LogP contribution in [0.1, 0.15) is 17.3 Å². The molecule has 0 saturated carbocycles. The summed E-state index contributed by atoms with van der Waals surface area (Å²) in [7, 11) is 0. The Morgan fingerprint density at radius 2 is 2.19 bits per heavy atom. The highest BCUT2D eigenvalue weighted by molar-refractivity contribution is 9.10. The molecule has 0 unspecified atom stereocenters. The molecule has 0 aromatic heterocycles. The number of β-amino-alcohol motifs (C(OH)–C–C–N with tert-alkyl or cyclic N) is 1. The smallest absolute Gasteiger partial charge is 0.257 e. The molecule has 3 nitrogen and oxygen atoms in total. The number of rotatable bonds is 1. The van der Waals surface area contributed by atoms with Crippen molar-refractivity contribution in [2.45, 2.75) is 12.5 Å². The summed E-state index contributed by atoms with van der Waals surface area (Å²) in [5.74, 6) is -0.940. The quantitative estimate of drug-likeness (QED) is 0.856. The normalized spacial score (nSPS) is 18.1. The Bertz CT molecular complexity index is 440. The molecule has 0 bridgehead atoms. The minimum Gasteiger partial charge on any atom is -0.386 e. The van der Waals surface area contributed by atoms with Crippen LogP contribution in [0, 0.1) is 5.82 Å². The highest BCUT2D eigenvalue weighted by atomic mass is 79.9. The lowest BCUT2D eigenvalue weighted by Crippen LogP contribution is -2.61. The van der Waals surface area contributed by atoms with E-state index >= 15 is 0 Å². The second-order valence-corrected chi connectivity index (χ2v) is 5.11. The van der Waals surface area contributed by atoms with Gasteiger partial charge in [-0.2, -0.15) is 0 Å². The van der Waals surface area contributed by atoms with Gasteiger partial charge in [-0.05, 0) is 35.0 Å². The van der Waals surface area contributed by atoms with Gasteiger partial charge in [0.05, 0.1) is 28.7 Å². The van der Waals surface area contributed by atoms with E-state index in [4.69, 9.17) is 0 Å². The van der Waals surface area contributed by atoms with Crippen molar-refractivity contribution in [1.82, 2.24) is 4.90 Å². The van der Waals surface area contributed by atoms with Crippen LogP contribution in [-0.4, -0.2) is 34.6 Å². The summed E-state index contributed by atoms with van der Waals surface area (Å²) in [6.07, 6.45) is 0. The Morgan fingerprint density at radius 3 is 2.75 bits per heavy atom. The van der Waals surface area contributed by atoms with Gasteiger partial charge in [0.2, 0.25) is 0 Å². The van der Waals surface area contributed by atoms with Crippen molar-refractivity contribution >= 4 is 21.8 Å². The molecule has 0 spiro atoms. The average Bonchev–Trinajstić information content (AvgIpc) is 2.17. The number of hydrogen-bond acceptors (Lipinski definition) is 2.